The van der Waals surface area contributed by atoms with Crippen molar-refractivity contribution in [2.24, 2.45) is 4.99 Å². The zero-order valence-corrected chi connectivity index (χ0v) is 20.2. The predicted molar refractivity (Wildman–Crippen MR) is 127 cm³/mol. The molecule has 1 amide bonds. The lowest BCUT2D eigenvalue weighted by Gasteiger charge is -2.37. The number of carbonyl (C=O) groups is 1. The topological polar surface area (TPSA) is 75.6 Å². The summed E-state index contributed by atoms with van der Waals surface area (Å²) in [6, 6.07) is 7.61. The van der Waals surface area contributed by atoms with Crippen LogP contribution in [-0.4, -0.2) is 87.9 Å². The minimum absolute atomic E-state index is 0. The molecular formula is C21H33IN4O4. The molecule has 30 heavy (non-hydrogen) atoms. The first-order chi connectivity index (χ1) is 14.2. The van der Waals surface area contributed by atoms with Gasteiger partial charge in [0.2, 0.25) is 0 Å². The van der Waals surface area contributed by atoms with Gasteiger partial charge in [-0.2, -0.15) is 0 Å². The van der Waals surface area contributed by atoms with Gasteiger partial charge in [-0.05, 0) is 31.4 Å². The lowest BCUT2D eigenvalue weighted by molar-refractivity contribution is -0.142. The first-order valence-electron chi connectivity index (χ1n) is 10.3. The largest absolute Gasteiger partial charge is 0.497 e. The second kappa shape index (κ2) is 12.8. The Hall–Kier alpha value is -1.75. The van der Waals surface area contributed by atoms with Gasteiger partial charge >= 0.3 is 0 Å². The van der Waals surface area contributed by atoms with Crippen LogP contribution in [0.2, 0.25) is 0 Å². The predicted octanol–water partition coefficient (Wildman–Crippen LogP) is 1.98. The lowest BCUT2D eigenvalue weighted by atomic mass is 10.2. The summed E-state index contributed by atoms with van der Waals surface area (Å²) in [5.74, 6) is 2.61. The summed E-state index contributed by atoms with van der Waals surface area (Å²) in [5.41, 5.74) is 0. The highest BCUT2D eigenvalue weighted by molar-refractivity contribution is 14.0. The average molecular weight is 532 g/mol. The molecule has 0 aromatic heterocycles. The molecular weight excluding hydrogens is 499 g/mol. The molecule has 168 valence electrons. The third-order valence-corrected chi connectivity index (χ3v) is 5.22. The van der Waals surface area contributed by atoms with Crippen LogP contribution < -0.4 is 14.8 Å². The lowest BCUT2D eigenvalue weighted by Crippen LogP contribution is -2.55. The molecule has 9 heteroatoms. The number of halogens is 1. The van der Waals surface area contributed by atoms with E-state index < -0.39 is 0 Å². The molecule has 0 bridgehead atoms. The number of nitrogens with one attached hydrogen (secondary N) is 1. The molecule has 2 heterocycles. The number of piperazine rings is 1. The molecule has 1 N–H and O–H groups in total. The number of aliphatic imine (C=N–C) groups is 1. The minimum Gasteiger partial charge on any atom is -0.497 e. The van der Waals surface area contributed by atoms with E-state index in [2.05, 4.69) is 15.2 Å². The summed E-state index contributed by atoms with van der Waals surface area (Å²) in [6.45, 7) is 5.05. The Morgan fingerprint density at radius 2 is 1.97 bits per heavy atom. The third-order valence-electron chi connectivity index (χ3n) is 5.22. The molecule has 2 fully saturated rings. The SMILES string of the molecule is CN=C(NCCCOc1cccc(OC)c1)N1CCN(C(=O)C2CCCO2)CC1.I. The number of methoxy groups -OCH3 is 1. The van der Waals surface area contributed by atoms with Crippen LogP contribution in [0, 0.1) is 0 Å². The van der Waals surface area contributed by atoms with Gasteiger partial charge in [-0.1, -0.05) is 6.07 Å². The maximum atomic E-state index is 12.5. The highest BCUT2D eigenvalue weighted by atomic mass is 127. The summed E-state index contributed by atoms with van der Waals surface area (Å²) in [5, 5.41) is 3.39. The molecule has 0 spiro atoms. The molecule has 0 saturated carbocycles. The zero-order valence-electron chi connectivity index (χ0n) is 17.8. The maximum Gasteiger partial charge on any atom is 0.251 e. The number of carbonyl (C=O) groups excluding carboxylic acids is 1. The number of benzene rings is 1. The quantitative estimate of drug-likeness (QED) is 0.251. The molecule has 0 radical (unpaired) electrons. The van der Waals surface area contributed by atoms with Crippen LogP contribution in [0.1, 0.15) is 19.3 Å². The Kier molecular flexibility index (Phi) is 10.5. The van der Waals surface area contributed by atoms with Crippen molar-refractivity contribution >= 4 is 35.8 Å². The van der Waals surface area contributed by atoms with Crippen molar-refractivity contribution < 1.29 is 19.0 Å². The first-order valence-corrected chi connectivity index (χ1v) is 10.3. The van der Waals surface area contributed by atoms with E-state index in [1.54, 1.807) is 14.2 Å². The fraction of sp³-hybridized carbons (Fsp3) is 0.619. The van der Waals surface area contributed by atoms with Crippen molar-refractivity contribution in [2.45, 2.75) is 25.4 Å². The Bertz CT molecular complexity index is 689. The molecule has 1 aromatic carbocycles. The maximum absolute atomic E-state index is 12.5. The summed E-state index contributed by atoms with van der Waals surface area (Å²) >= 11 is 0. The highest BCUT2D eigenvalue weighted by Gasteiger charge is 2.30. The monoisotopic (exact) mass is 532 g/mol. The van der Waals surface area contributed by atoms with Crippen molar-refractivity contribution in [3.8, 4) is 11.5 Å². The van der Waals surface area contributed by atoms with Crippen LogP contribution >= 0.6 is 24.0 Å². The van der Waals surface area contributed by atoms with Crippen molar-refractivity contribution in [3.05, 3.63) is 24.3 Å². The first kappa shape index (κ1) is 24.5. The summed E-state index contributed by atoms with van der Waals surface area (Å²) in [4.78, 5) is 21.0. The number of hydrogen-bond acceptors (Lipinski definition) is 5. The van der Waals surface area contributed by atoms with Gasteiger partial charge in [-0.15, -0.1) is 24.0 Å². The van der Waals surface area contributed by atoms with Crippen LogP contribution in [0.25, 0.3) is 0 Å². The van der Waals surface area contributed by atoms with Crippen molar-refractivity contribution in [1.82, 2.24) is 15.1 Å². The van der Waals surface area contributed by atoms with Gasteiger partial charge in [0, 0.05) is 52.4 Å². The standard InChI is InChI=1S/C21H32N4O4.HI/c1-22-21(23-9-5-15-28-18-7-3-6-17(16-18)27-2)25-12-10-24(11-13-25)20(26)19-8-4-14-29-19;/h3,6-7,16,19H,4-5,8-15H2,1-2H3,(H,22,23);1H. The Balaban J connectivity index is 0.00000320. The molecule has 0 aliphatic carbocycles. The smallest absolute Gasteiger partial charge is 0.251 e. The van der Waals surface area contributed by atoms with Gasteiger partial charge in [0.05, 0.1) is 13.7 Å². The van der Waals surface area contributed by atoms with E-state index in [4.69, 9.17) is 14.2 Å². The van der Waals surface area contributed by atoms with Gasteiger partial charge < -0.3 is 29.3 Å². The molecule has 1 aromatic rings. The molecule has 2 aliphatic rings. The van der Waals surface area contributed by atoms with Gasteiger partial charge in [0.15, 0.2) is 5.96 Å². The molecule has 3 rings (SSSR count). The Morgan fingerprint density at radius 1 is 1.23 bits per heavy atom. The fourth-order valence-corrected chi connectivity index (χ4v) is 3.60. The van der Waals surface area contributed by atoms with Crippen molar-refractivity contribution in [2.75, 3.05) is 60.1 Å². The number of guanidine groups is 1. The minimum atomic E-state index is -0.233. The van der Waals surface area contributed by atoms with E-state index in [-0.39, 0.29) is 36.0 Å². The number of rotatable bonds is 7. The summed E-state index contributed by atoms with van der Waals surface area (Å²) in [7, 11) is 3.44. The van der Waals surface area contributed by atoms with E-state index in [9.17, 15) is 4.79 Å². The fourth-order valence-electron chi connectivity index (χ4n) is 3.60. The van der Waals surface area contributed by atoms with E-state index in [1.807, 2.05) is 29.2 Å². The van der Waals surface area contributed by atoms with E-state index in [0.29, 0.717) is 26.3 Å². The normalized spacial score (nSPS) is 19.3. The van der Waals surface area contributed by atoms with E-state index in [1.165, 1.54) is 0 Å². The number of amides is 1. The van der Waals surface area contributed by atoms with Crippen LogP contribution in [-0.2, 0) is 9.53 Å². The molecule has 8 nitrogen and oxygen atoms in total. The second-order valence-corrected chi connectivity index (χ2v) is 7.17. The summed E-state index contributed by atoms with van der Waals surface area (Å²) < 4.78 is 16.5. The second-order valence-electron chi connectivity index (χ2n) is 7.17. The summed E-state index contributed by atoms with van der Waals surface area (Å²) in [6.07, 6.45) is 2.45. The molecule has 2 saturated heterocycles. The molecule has 2 aliphatic heterocycles. The van der Waals surface area contributed by atoms with Crippen LogP contribution in [0.4, 0.5) is 0 Å². The van der Waals surface area contributed by atoms with Gasteiger partial charge in [0.25, 0.3) is 5.91 Å². The van der Waals surface area contributed by atoms with Gasteiger partial charge in [-0.25, -0.2) is 0 Å². The van der Waals surface area contributed by atoms with Crippen molar-refractivity contribution in [3.63, 3.8) is 0 Å². The zero-order chi connectivity index (χ0) is 20.5. The number of nitrogens with zero attached hydrogens (tertiary/aromatic N) is 3. The van der Waals surface area contributed by atoms with E-state index in [0.717, 1.165) is 56.4 Å². The Labute approximate surface area is 196 Å². The Morgan fingerprint density at radius 3 is 2.63 bits per heavy atom. The van der Waals surface area contributed by atoms with Crippen molar-refractivity contribution in [1.29, 1.82) is 0 Å². The van der Waals surface area contributed by atoms with Gasteiger partial charge in [-0.3, -0.25) is 9.79 Å². The van der Waals surface area contributed by atoms with E-state index >= 15 is 0 Å². The number of ether oxygens (including phenoxy) is 3. The third kappa shape index (κ3) is 6.90. The van der Waals surface area contributed by atoms with Crippen LogP contribution in [0.5, 0.6) is 11.5 Å². The highest BCUT2D eigenvalue weighted by Crippen LogP contribution is 2.19. The van der Waals surface area contributed by atoms with Crippen LogP contribution in [0.15, 0.2) is 29.3 Å². The van der Waals surface area contributed by atoms with Crippen LogP contribution in [0.3, 0.4) is 0 Å². The molecule has 1 unspecified atom stereocenters. The average Bonchev–Trinajstić information content (AvgIpc) is 3.31. The number of hydrogen-bond donors (Lipinski definition) is 1. The van der Waals surface area contributed by atoms with Gasteiger partial charge in [0.1, 0.15) is 17.6 Å². The molecule has 1 atom stereocenters.